The minimum atomic E-state index is -0.603. The third-order valence-electron chi connectivity index (χ3n) is 5.89. The number of halogens is 1. The van der Waals surface area contributed by atoms with Crippen LogP contribution in [0.3, 0.4) is 0 Å². The van der Waals surface area contributed by atoms with Crippen LogP contribution in [0.5, 0.6) is 5.75 Å². The van der Waals surface area contributed by atoms with Gasteiger partial charge in [-0.3, -0.25) is 0 Å². The molecule has 0 saturated heterocycles. The van der Waals surface area contributed by atoms with E-state index in [1.807, 2.05) is 25.1 Å². The maximum absolute atomic E-state index is 12.3. The van der Waals surface area contributed by atoms with E-state index in [-0.39, 0.29) is 12.0 Å². The maximum Gasteiger partial charge on any atom is 0.347 e. The van der Waals surface area contributed by atoms with Gasteiger partial charge in [0, 0.05) is 17.6 Å². The Kier molecular flexibility index (Phi) is 9.39. The van der Waals surface area contributed by atoms with Crippen LogP contribution in [-0.4, -0.2) is 36.4 Å². The lowest BCUT2D eigenvalue weighted by atomic mass is 9.88. The van der Waals surface area contributed by atoms with Gasteiger partial charge in [0.25, 0.3) is 0 Å². The molecule has 0 aromatic heterocycles. The molecule has 0 amide bonds. The Bertz CT molecular complexity index is 888. The topological polar surface area (TPSA) is 67.8 Å². The summed E-state index contributed by atoms with van der Waals surface area (Å²) < 4.78 is 11.2. The number of unbranched alkanes of at least 4 members (excludes halogenated alkanes) is 1. The van der Waals surface area contributed by atoms with Gasteiger partial charge >= 0.3 is 5.97 Å². The van der Waals surface area contributed by atoms with Crippen LogP contribution in [0.2, 0.25) is 5.02 Å². The van der Waals surface area contributed by atoms with Crippen molar-refractivity contribution in [1.29, 1.82) is 0 Å². The van der Waals surface area contributed by atoms with Crippen LogP contribution >= 0.6 is 11.6 Å². The van der Waals surface area contributed by atoms with Crippen molar-refractivity contribution in [3.8, 4) is 5.75 Å². The van der Waals surface area contributed by atoms with Gasteiger partial charge in [0.05, 0.1) is 12.7 Å². The second kappa shape index (κ2) is 12.2. The number of hydrogen-bond donors (Lipinski definition) is 2. The molecule has 0 bridgehead atoms. The molecular weight excluding hydrogens is 426 g/mol. The zero-order valence-electron chi connectivity index (χ0n) is 19.0. The van der Waals surface area contributed by atoms with Gasteiger partial charge in [-0.05, 0) is 80.0 Å². The molecule has 1 aliphatic rings. The number of carbonyl (C=O) groups excluding carboxylic acids is 1. The molecule has 0 radical (unpaired) electrons. The molecule has 1 aliphatic carbocycles. The summed E-state index contributed by atoms with van der Waals surface area (Å²) in [5.41, 5.74) is 3.35. The number of ether oxygens (including phenoxy) is 2. The Morgan fingerprint density at radius 3 is 2.81 bits per heavy atom. The molecule has 0 saturated carbocycles. The van der Waals surface area contributed by atoms with Crippen LogP contribution in [0, 0.1) is 0 Å². The third-order valence-corrected chi connectivity index (χ3v) is 6.12. The standard InChI is InChI=1S/C26H34ClNO4/c1-3-5-9-25(26(30)31-4-2)32-23-13-11-18-10-12-22(15-20(18)16-23)28-17-24(29)19-7-6-8-21(27)14-19/h6-8,11,13-14,16,22,24-25,28-29H,3-5,9-10,12,15,17H2,1-2H3. The van der Waals surface area contributed by atoms with Crippen LogP contribution in [0.1, 0.15) is 62.3 Å². The van der Waals surface area contributed by atoms with Gasteiger partial charge in [-0.25, -0.2) is 4.79 Å². The van der Waals surface area contributed by atoms with Crippen LogP contribution in [0.15, 0.2) is 42.5 Å². The Hall–Kier alpha value is -2.08. The van der Waals surface area contributed by atoms with E-state index in [2.05, 4.69) is 24.4 Å². The molecular formula is C26H34ClNO4. The normalized spacial score (nSPS) is 17.3. The highest BCUT2D eigenvalue weighted by Crippen LogP contribution is 2.27. The van der Waals surface area contributed by atoms with Crippen molar-refractivity contribution in [3.05, 3.63) is 64.2 Å². The molecule has 2 aromatic rings. The van der Waals surface area contributed by atoms with Crippen molar-refractivity contribution in [3.63, 3.8) is 0 Å². The van der Waals surface area contributed by atoms with Crippen molar-refractivity contribution >= 4 is 17.6 Å². The number of aliphatic hydroxyl groups excluding tert-OH is 1. The molecule has 174 valence electrons. The van der Waals surface area contributed by atoms with E-state index in [1.165, 1.54) is 11.1 Å². The van der Waals surface area contributed by atoms with E-state index in [0.29, 0.717) is 30.3 Å². The number of benzene rings is 2. The van der Waals surface area contributed by atoms with E-state index < -0.39 is 12.2 Å². The SMILES string of the molecule is CCCCC(Oc1ccc2c(c1)CC(NCC(O)c1cccc(Cl)c1)CC2)C(=O)OCC. The first-order valence-corrected chi connectivity index (χ1v) is 12.0. The quantitative estimate of drug-likeness (QED) is 0.462. The second-order valence-corrected chi connectivity index (χ2v) is 8.79. The fraction of sp³-hybridized carbons (Fsp3) is 0.500. The minimum Gasteiger partial charge on any atom is -0.479 e. The summed E-state index contributed by atoms with van der Waals surface area (Å²) in [4.78, 5) is 12.3. The van der Waals surface area contributed by atoms with Gasteiger partial charge in [0.15, 0.2) is 6.10 Å². The number of aryl methyl sites for hydroxylation is 1. The first-order valence-electron chi connectivity index (χ1n) is 11.6. The number of fused-ring (bicyclic) bond motifs is 1. The summed E-state index contributed by atoms with van der Waals surface area (Å²) in [6.45, 7) is 4.73. The highest BCUT2D eigenvalue weighted by molar-refractivity contribution is 6.30. The van der Waals surface area contributed by atoms with E-state index in [4.69, 9.17) is 21.1 Å². The predicted molar refractivity (Wildman–Crippen MR) is 127 cm³/mol. The first-order chi connectivity index (χ1) is 15.5. The number of hydrogen-bond acceptors (Lipinski definition) is 5. The largest absolute Gasteiger partial charge is 0.479 e. The molecule has 0 aliphatic heterocycles. The third kappa shape index (κ3) is 6.96. The molecule has 0 fully saturated rings. The summed E-state index contributed by atoms with van der Waals surface area (Å²) in [5.74, 6) is 0.408. The number of carbonyl (C=O) groups is 1. The van der Waals surface area contributed by atoms with Crippen molar-refractivity contribution in [1.82, 2.24) is 5.32 Å². The highest BCUT2D eigenvalue weighted by Gasteiger charge is 2.24. The molecule has 3 atom stereocenters. The number of rotatable bonds is 11. The minimum absolute atomic E-state index is 0.271. The zero-order chi connectivity index (χ0) is 22.9. The lowest BCUT2D eigenvalue weighted by molar-refractivity contribution is -0.151. The molecule has 0 spiro atoms. The molecule has 5 nitrogen and oxygen atoms in total. The summed E-state index contributed by atoms with van der Waals surface area (Å²) in [5, 5.41) is 14.6. The van der Waals surface area contributed by atoms with E-state index >= 15 is 0 Å². The molecule has 2 N–H and O–H groups in total. The number of nitrogens with one attached hydrogen (secondary N) is 1. The molecule has 3 unspecified atom stereocenters. The van der Waals surface area contributed by atoms with Crippen LogP contribution in [-0.2, 0) is 22.4 Å². The summed E-state index contributed by atoms with van der Waals surface area (Å²) in [7, 11) is 0. The van der Waals surface area contributed by atoms with Crippen LogP contribution in [0.4, 0.5) is 0 Å². The maximum atomic E-state index is 12.3. The smallest absolute Gasteiger partial charge is 0.347 e. The van der Waals surface area contributed by atoms with E-state index in [1.54, 1.807) is 12.1 Å². The fourth-order valence-electron chi connectivity index (χ4n) is 4.10. The van der Waals surface area contributed by atoms with E-state index in [0.717, 1.165) is 37.7 Å². The van der Waals surface area contributed by atoms with Gasteiger partial charge in [-0.15, -0.1) is 0 Å². The van der Waals surface area contributed by atoms with Gasteiger partial charge < -0.3 is 19.9 Å². The highest BCUT2D eigenvalue weighted by atomic mass is 35.5. The summed E-state index contributed by atoms with van der Waals surface area (Å²) in [6.07, 6.45) is 4.22. The average molecular weight is 460 g/mol. The van der Waals surface area contributed by atoms with E-state index in [9.17, 15) is 9.90 Å². The van der Waals surface area contributed by atoms with Crippen LogP contribution in [0.25, 0.3) is 0 Å². The molecule has 3 rings (SSSR count). The zero-order valence-corrected chi connectivity index (χ0v) is 19.7. The first kappa shape index (κ1) is 24.6. The lowest BCUT2D eigenvalue weighted by Gasteiger charge is -2.27. The van der Waals surface area contributed by atoms with Crippen molar-refractivity contribution in [2.75, 3.05) is 13.2 Å². The number of esters is 1. The summed E-state index contributed by atoms with van der Waals surface area (Å²) in [6, 6.07) is 13.7. The Morgan fingerprint density at radius 1 is 1.22 bits per heavy atom. The number of aliphatic hydroxyl groups is 1. The monoisotopic (exact) mass is 459 g/mol. The fourth-order valence-corrected chi connectivity index (χ4v) is 4.30. The Labute approximate surface area is 196 Å². The Balaban J connectivity index is 1.60. The molecule has 2 aromatic carbocycles. The lowest BCUT2D eigenvalue weighted by Crippen LogP contribution is -2.37. The molecule has 0 heterocycles. The molecule has 6 heteroatoms. The predicted octanol–water partition coefficient (Wildman–Crippen LogP) is 5.02. The van der Waals surface area contributed by atoms with Crippen LogP contribution < -0.4 is 10.1 Å². The van der Waals surface area contributed by atoms with Crippen molar-refractivity contribution in [2.45, 2.75) is 70.6 Å². The Morgan fingerprint density at radius 2 is 2.06 bits per heavy atom. The van der Waals surface area contributed by atoms with Gasteiger partial charge in [0.1, 0.15) is 5.75 Å². The molecule has 32 heavy (non-hydrogen) atoms. The van der Waals surface area contributed by atoms with Gasteiger partial charge in [-0.1, -0.05) is 43.1 Å². The van der Waals surface area contributed by atoms with Gasteiger partial charge in [0.2, 0.25) is 0 Å². The summed E-state index contributed by atoms with van der Waals surface area (Å²) >= 11 is 6.04. The average Bonchev–Trinajstić information content (AvgIpc) is 2.80. The van der Waals surface area contributed by atoms with Crippen molar-refractivity contribution in [2.24, 2.45) is 0 Å². The second-order valence-electron chi connectivity index (χ2n) is 8.35. The van der Waals surface area contributed by atoms with Gasteiger partial charge in [-0.2, -0.15) is 0 Å². The van der Waals surface area contributed by atoms with Crippen molar-refractivity contribution < 1.29 is 19.4 Å².